The van der Waals surface area contributed by atoms with Crippen LogP contribution < -0.4 is 0 Å². The van der Waals surface area contributed by atoms with Crippen molar-refractivity contribution in [3.05, 3.63) is 95.2 Å². The van der Waals surface area contributed by atoms with Gasteiger partial charge in [-0.15, -0.1) is 5.10 Å². The highest BCUT2D eigenvalue weighted by atomic mass is 35.5. The molecule has 0 N–H and O–H groups in total. The van der Waals surface area contributed by atoms with Gasteiger partial charge in [0.2, 0.25) is 0 Å². The minimum Gasteiger partial charge on any atom is -0.216 e. The number of aromatic nitrogens is 6. The predicted molar refractivity (Wildman–Crippen MR) is 122 cm³/mol. The van der Waals surface area contributed by atoms with Crippen molar-refractivity contribution in [2.45, 2.75) is 13.3 Å². The van der Waals surface area contributed by atoms with Crippen LogP contribution in [-0.2, 0) is 6.42 Å². The van der Waals surface area contributed by atoms with E-state index in [9.17, 15) is 0 Å². The van der Waals surface area contributed by atoms with Crippen molar-refractivity contribution in [3.63, 3.8) is 0 Å². The molecule has 31 heavy (non-hydrogen) atoms. The monoisotopic (exact) mass is 424 g/mol. The molecular formula is C24H17ClN6. The summed E-state index contributed by atoms with van der Waals surface area (Å²) < 4.78 is 3.50. The number of hydrogen-bond acceptors (Lipinski definition) is 4. The number of halogens is 1. The Kier molecular flexibility index (Phi) is 4.01. The minimum atomic E-state index is 0.645. The second kappa shape index (κ2) is 6.89. The largest absolute Gasteiger partial charge is 0.216 e. The van der Waals surface area contributed by atoms with Crippen LogP contribution in [0.3, 0.4) is 0 Å². The summed E-state index contributed by atoms with van der Waals surface area (Å²) >= 11 is 6.31. The van der Waals surface area contributed by atoms with E-state index in [4.69, 9.17) is 16.6 Å². The maximum absolute atomic E-state index is 6.31. The van der Waals surface area contributed by atoms with E-state index in [0.29, 0.717) is 11.4 Å². The molecule has 6 nitrogen and oxygen atoms in total. The molecule has 0 saturated carbocycles. The van der Waals surface area contributed by atoms with Gasteiger partial charge in [-0.25, -0.2) is 19.2 Å². The molecule has 0 spiro atoms. The number of hydrogen-bond donors (Lipinski definition) is 0. The van der Waals surface area contributed by atoms with Crippen LogP contribution in [0.25, 0.3) is 33.1 Å². The molecule has 0 fully saturated rings. The van der Waals surface area contributed by atoms with E-state index in [-0.39, 0.29) is 0 Å². The first-order chi connectivity index (χ1) is 15.2. The summed E-state index contributed by atoms with van der Waals surface area (Å²) in [5.74, 6) is 0.747. The van der Waals surface area contributed by atoms with Gasteiger partial charge in [-0.1, -0.05) is 60.1 Å². The van der Waals surface area contributed by atoms with Gasteiger partial charge in [0.05, 0.1) is 17.3 Å². The smallest absolute Gasteiger partial charge is 0.170 e. The highest BCUT2D eigenvalue weighted by Gasteiger charge is 2.15. The molecule has 0 unspecified atom stereocenters. The van der Waals surface area contributed by atoms with Crippen LogP contribution in [0.1, 0.15) is 17.0 Å². The zero-order valence-corrected chi connectivity index (χ0v) is 17.5. The van der Waals surface area contributed by atoms with Gasteiger partial charge < -0.3 is 0 Å². The van der Waals surface area contributed by atoms with Crippen molar-refractivity contribution in [2.24, 2.45) is 0 Å². The van der Waals surface area contributed by atoms with Gasteiger partial charge in [0.1, 0.15) is 6.33 Å². The number of rotatable bonds is 3. The Morgan fingerprint density at radius 2 is 1.81 bits per heavy atom. The van der Waals surface area contributed by atoms with Crippen LogP contribution in [0.15, 0.2) is 73.2 Å². The van der Waals surface area contributed by atoms with Crippen molar-refractivity contribution in [1.29, 1.82) is 0 Å². The molecule has 0 amide bonds. The lowest BCUT2D eigenvalue weighted by Gasteiger charge is -2.05. The number of benzene rings is 3. The Bertz CT molecular complexity index is 1590. The Balaban J connectivity index is 1.45. The van der Waals surface area contributed by atoms with Gasteiger partial charge in [-0.3, -0.25) is 0 Å². The summed E-state index contributed by atoms with van der Waals surface area (Å²) in [6, 6.07) is 20.5. The lowest BCUT2D eigenvalue weighted by atomic mass is 10.0. The molecule has 0 aliphatic carbocycles. The molecule has 0 radical (unpaired) electrons. The third-order valence-electron chi connectivity index (χ3n) is 5.58. The van der Waals surface area contributed by atoms with Crippen molar-refractivity contribution in [2.75, 3.05) is 0 Å². The molecule has 0 aliphatic heterocycles. The molecule has 3 aromatic carbocycles. The second-order valence-electron chi connectivity index (χ2n) is 7.58. The zero-order valence-electron chi connectivity index (χ0n) is 16.7. The fraction of sp³-hybridized carbons (Fsp3) is 0.0833. The molecule has 0 saturated heterocycles. The fourth-order valence-electron chi connectivity index (χ4n) is 3.96. The molecule has 7 heteroatoms. The van der Waals surface area contributed by atoms with Gasteiger partial charge in [0, 0.05) is 11.4 Å². The van der Waals surface area contributed by atoms with Gasteiger partial charge in [0.25, 0.3) is 0 Å². The lowest BCUT2D eigenvalue weighted by molar-refractivity contribution is 0.866. The summed E-state index contributed by atoms with van der Waals surface area (Å²) in [5.41, 5.74) is 4.54. The van der Waals surface area contributed by atoms with Crippen LogP contribution in [0.5, 0.6) is 0 Å². The van der Waals surface area contributed by atoms with E-state index in [1.165, 1.54) is 16.3 Å². The van der Waals surface area contributed by atoms with Gasteiger partial charge in [0.15, 0.2) is 17.1 Å². The third kappa shape index (κ3) is 2.95. The maximum Gasteiger partial charge on any atom is 0.170 e. The van der Waals surface area contributed by atoms with Crippen LogP contribution >= 0.6 is 11.6 Å². The van der Waals surface area contributed by atoms with Crippen molar-refractivity contribution < 1.29 is 0 Å². The Morgan fingerprint density at radius 1 is 0.935 bits per heavy atom. The first-order valence-corrected chi connectivity index (χ1v) is 10.4. The predicted octanol–water partition coefficient (Wildman–Crippen LogP) is 5.17. The molecule has 6 aromatic rings. The van der Waals surface area contributed by atoms with Gasteiger partial charge in [-0.05, 0) is 41.0 Å². The molecule has 6 rings (SSSR count). The van der Waals surface area contributed by atoms with E-state index in [2.05, 4.69) is 57.6 Å². The van der Waals surface area contributed by atoms with Crippen LogP contribution in [-0.4, -0.2) is 29.4 Å². The van der Waals surface area contributed by atoms with E-state index in [1.54, 1.807) is 21.7 Å². The summed E-state index contributed by atoms with van der Waals surface area (Å²) in [5, 5.41) is 13.2. The highest BCUT2D eigenvalue weighted by molar-refractivity contribution is 6.31. The van der Waals surface area contributed by atoms with Crippen molar-refractivity contribution >= 4 is 39.1 Å². The second-order valence-corrected chi connectivity index (χ2v) is 7.99. The highest BCUT2D eigenvalue weighted by Crippen LogP contribution is 2.25. The van der Waals surface area contributed by atoms with Crippen LogP contribution in [0.4, 0.5) is 0 Å². The first-order valence-electron chi connectivity index (χ1n) is 9.98. The summed E-state index contributed by atoms with van der Waals surface area (Å²) in [6.07, 6.45) is 4.11. The molecule has 0 bridgehead atoms. The van der Waals surface area contributed by atoms with E-state index >= 15 is 0 Å². The van der Waals surface area contributed by atoms with E-state index in [1.807, 2.05) is 25.1 Å². The Morgan fingerprint density at radius 3 is 2.71 bits per heavy atom. The third-order valence-corrected chi connectivity index (χ3v) is 5.98. The van der Waals surface area contributed by atoms with E-state index < -0.39 is 0 Å². The van der Waals surface area contributed by atoms with Crippen LogP contribution in [0, 0.1) is 6.92 Å². The number of nitrogens with zero attached hydrogens (tertiary/aromatic N) is 6. The standard InChI is InChI=1S/C24H17ClN6/c1-15-9-10-18(12-21(15)25)31-23-20(13-27-31)24-28-22(29-30(24)14-26-23)11-17-7-4-6-16-5-2-3-8-19(16)17/h2-10,12-14H,11H2,1H3. The van der Waals surface area contributed by atoms with E-state index in [0.717, 1.165) is 33.8 Å². The lowest BCUT2D eigenvalue weighted by Crippen LogP contribution is -1.99. The SMILES string of the molecule is Cc1ccc(-n2ncc3c2ncn2nc(Cc4cccc5ccccc45)nc32)cc1Cl. The average Bonchev–Trinajstić information content (AvgIpc) is 3.39. The summed E-state index contributed by atoms with van der Waals surface area (Å²) in [6.45, 7) is 1.97. The number of fused-ring (bicyclic) bond motifs is 4. The topological polar surface area (TPSA) is 60.9 Å². The number of aryl methyl sites for hydroxylation is 1. The molecule has 0 aliphatic rings. The van der Waals surface area contributed by atoms with Crippen molar-refractivity contribution in [1.82, 2.24) is 29.4 Å². The molecule has 0 atom stereocenters. The average molecular weight is 425 g/mol. The minimum absolute atomic E-state index is 0.645. The summed E-state index contributed by atoms with van der Waals surface area (Å²) in [4.78, 5) is 9.40. The van der Waals surface area contributed by atoms with Crippen molar-refractivity contribution in [3.8, 4) is 5.69 Å². The molecule has 150 valence electrons. The first kappa shape index (κ1) is 18.0. The Hall–Kier alpha value is -3.77. The van der Waals surface area contributed by atoms with Crippen LogP contribution in [0.2, 0.25) is 5.02 Å². The normalized spacial score (nSPS) is 11.7. The maximum atomic E-state index is 6.31. The fourth-order valence-corrected chi connectivity index (χ4v) is 4.13. The quantitative estimate of drug-likeness (QED) is 0.393. The molecule has 3 heterocycles. The van der Waals surface area contributed by atoms with Gasteiger partial charge in [-0.2, -0.15) is 5.10 Å². The molecular weight excluding hydrogens is 408 g/mol. The summed E-state index contributed by atoms with van der Waals surface area (Å²) in [7, 11) is 0. The zero-order chi connectivity index (χ0) is 20.9. The molecule has 3 aromatic heterocycles. The van der Waals surface area contributed by atoms with Gasteiger partial charge >= 0.3 is 0 Å². The Labute approximate surface area is 182 Å².